The lowest BCUT2D eigenvalue weighted by atomic mass is 9.90. The molecule has 3 heterocycles. The van der Waals surface area contributed by atoms with Crippen LogP contribution in [0, 0.1) is 5.92 Å². The van der Waals surface area contributed by atoms with Crippen molar-refractivity contribution in [2.75, 3.05) is 5.32 Å². The maximum atomic E-state index is 12.6. The van der Waals surface area contributed by atoms with Gasteiger partial charge in [0.25, 0.3) is 11.1 Å². The van der Waals surface area contributed by atoms with Crippen LogP contribution in [0.2, 0.25) is 0 Å². The average Bonchev–Trinajstić information content (AvgIpc) is 3.39. The number of carbonyl (C=O) groups is 1. The van der Waals surface area contributed by atoms with Crippen molar-refractivity contribution >= 4 is 34.8 Å². The summed E-state index contributed by atoms with van der Waals surface area (Å²) in [5, 5.41) is 15.5. The highest BCUT2D eigenvalue weighted by Gasteiger charge is 2.23. The molecule has 154 valence electrons. The van der Waals surface area contributed by atoms with Crippen molar-refractivity contribution in [3.63, 3.8) is 0 Å². The molecule has 2 atom stereocenters. The van der Waals surface area contributed by atoms with Gasteiger partial charge in [0.1, 0.15) is 5.82 Å². The molecule has 0 saturated carbocycles. The molecule has 1 aliphatic carbocycles. The Bertz CT molecular complexity index is 1010. The Hall–Kier alpha value is -2.13. The number of thioether (sulfide) groups is 1. The van der Waals surface area contributed by atoms with Gasteiger partial charge in [-0.25, -0.2) is 4.68 Å². The van der Waals surface area contributed by atoms with Crippen LogP contribution in [0.3, 0.4) is 0 Å². The minimum Gasteiger partial charge on any atom is -0.410 e. The molecule has 0 unspecified atom stereocenters. The predicted octanol–water partition coefficient (Wildman–Crippen LogP) is 4.82. The zero-order valence-corrected chi connectivity index (χ0v) is 18.6. The second-order valence-electron chi connectivity index (χ2n) is 7.78. The Balaban J connectivity index is 1.41. The predicted molar refractivity (Wildman–Crippen MR) is 115 cm³/mol. The lowest BCUT2D eigenvalue weighted by Gasteiger charge is -2.16. The number of amides is 1. The second-order valence-corrected chi connectivity index (χ2v) is 10.2. The van der Waals surface area contributed by atoms with Crippen molar-refractivity contribution in [1.29, 1.82) is 0 Å². The molecular weight excluding hydrogens is 406 g/mol. The van der Waals surface area contributed by atoms with E-state index < -0.39 is 0 Å². The average molecular weight is 432 g/mol. The first-order valence-electron chi connectivity index (χ1n) is 9.87. The number of aryl methyl sites for hydroxylation is 1. The van der Waals surface area contributed by atoms with E-state index in [1.165, 1.54) is 28.6 Å². The van der Waals surface area contributed by atoms with Gasteiger partial charge in [0.05, 0.1) is 16.3 Å². The van der Waals surface area contributed by atoms with Crippen LogP contribution in [-0.2, 0) is 17.6 Å². The van der Waals surface area contributed by atoms with Gasteiger partial charge in [-0.3, -0.25) is 4.79 Å². The smallest absolute Gasteiger partial charge is 0.277 e. The van der Waals surface area contributed by atoms with E-state index in [4.69, 9.17) is 4.42 Å². The van der Waals surface area contributed by atoms with E-state index in [1.54, 1.807) is 28.3 Å². The fourth-order valence-electron chi connectivity index (χ4n) is 3.43. The first-order chi connectivity index (χ1) is 13.9. The first kappa shape index (κ1) is 20.2. The second kappa shape index (κ2) is 8.31. The Morgan fingerprint density at radius 2 is 2.21 bits per heavy atom. The third-order valence-corrected chi connectivity index (χ3v) is 7.16. The number of hydrogen-bond donors (Lipinski definition) is 1. The molecule has 0 bridgehead atoms. The van der Waals surface area contributed by atoms with Crippen LogP contribution >= 0.6 is 23.1 Å². The van der Waals surface area contributed by atoms with E-state index in [0.29, 0.717) is 16.9 Å². The molecule has 0 aliphatic heterocycles. The molecule has 0 radical (unpaired) electrons. The van der Waals surface area contributed by atoms with Crippen LogP contribution < -0.4 is 5.32 Å². The third-order valence-electron chi connectivity index (χ3n) is 5.00. The Morgan fingerprint density at radius 3 is 3.00 bits per heavy atom. The van der Waals surface area contributed by atoms with Crippen molar-refractivity contribution in [2.45, 2.75) is 63.5 Å². The molecule has 9 heteroatoms. The van der Waals surface area contributed by atoms with Gasteiger partial charge in [-0.15, -0.1) is 21.5 Å². The highest BCUT2D eigenvalue weighted by atomic mass is 32.2. The number of thiophene rings is 1. The van der Waals surface area contributed by atoms with E-state index in [2.05, 4.69) is 33.6 Å². The van der Waals surface area contributed by atoms with E-state index in [1.807, 2.05) is 20.8 Å². The van der Waals surface area contributed by atoms with Gasteiger partial charge in [-0.05, 0) is 57.6 Å². The van der Waals surface area contributed by atoms with E-state index in [-0.39, 0.29) is 17.2 Å². The molecule has 0 spiro atoms. The van der Waals surface area contributed by atoms with Crippen LogP contribution in [0.1, 0.15) is 50.6 Å². The number of nitrogens with zero attached hydrogens (tertiary/aromatic N) is 4. The number of hydrogen-bond acceptors (Lipinski definition) is 7. The van der Waals surface area contributed by atoms with Crippen LogP contribution in [0.5, 0.6) is 0 Å². The summed E-state index contributed by atoms with van der Waals surface area (Å²) in [5.41, 5.74) is 1.41. The molecule has 0 saturated heterocycles. The SMILES string of the molecule is CC(C)n1nccc1NC(=O)[C@H](C)Sc1nnc(-c2cc3c(s2)CC[C@@H](C)C3)o1. The number of aromatic nitrogens is 4. The van der Waals surface area contributed by atoms with Crippen molar-refractivity contribution in [1.82, 2.24) is 20.0 Å². The first-order valence-corrected chi connectivity index (χ1v) is 11.6. The summed E-state index contributed by atoms with van der Waals surface area (Å²) in [4.78, 5) is 15.0. The molecule has 7 nitrogen and oxygen atoms in total. The minimum absolute atomic E-state index is 0.127. The van der Waals surface area contributed by atoms with Gasteiger partial charge in [0, 0.05) is 17.0 Å². The third kappa shape index (κ3) is 4.40. The molecule has 4 rings (SSSR count). The van der Waals surface area contributed by atoms with Gasteiger partial charge in [0.2, 0.25) is 5.91 Å². The van der Waals surface area contributed by atoms with Crippen molar-refractivity contribution < 1.29 is 9.21 Å². The summed E-state index contributed by atoms with van der Waals surface area (Å²) in [7, 11) is 0. The number of rotatable bonds is 6. The van der Waals surface area contributed by atoms with Gasteiger partial charge in [-0.2, -0.15) is 5.10 Å². The zero-order valence-electron chi connectivity index (χ0n) is 17.0. The van der Waals surface area contributed by atoms with Gasteiger partial charge in [0.15, 0.2) is 0 Å². The molecular formula is C20H25N5O2S2. The van der Waals surface area contributed by atoms with Gasteiger partial charge >= 0.3 is 0 Å². The number of anilines is 1. The van der Waals surface area contributed by atoms with Gasteiger partial charge in [-0.1, -0.05) is 18.7 Å². The van der Waals surface area contributed by atoms with Crippen molar-refractivity contribution in [3.8, 4) is 10.8 Å². The lowest BCUT2D eigenvalue weighted by molar-refractivity contribution is -0.115. The minimum atomic E-state index is -0.379. The Morgan fingerprint density at radius 1 is 1.38 bits per heavy atom. The Kier molecular flexibility index (Phi) is 5.78. The molecule has 1 aliphatic rings. The van der Waals surface area contributed by atoms with Crippen LogP contribution in [0.4, 0.5) is 5.82 Å². The van der Waals surface area contributed by atoms with Crippen molar-refractivity contribution in [3.05, 3.63) is 28.8 Å². The molecule has 3 aromatic heterocycles. The summed E-state index contributed by atoms with van der Waals surface area (Å²) >= 11 is 3.00. The number of fused-ring (bicyclic) bond motifs is 1. The lowest BCUT2D eigenvalue weighted by Crippen LogP contribution is -2.24. The highest BCUT2D eigenvalue weighted by Crippen LogP contribution is 2.37. The monoisotopic (exact) mass is 431 g/mol. The van der Waals surface area contributed by atoms with Crippen LogP contribution in [-0.4, -0.2) is 31.1 Å². The number of carbonyl (C=O) groups excluding carboxylic acids is 1. The quantitative estimate of drug-likeness (QED) is 0.563. The maximum absolute atomic E-state index is 12.6. The largest absolute Gasteiger partial charge is 0.410 e. The molecule has 0 aromatic carbocycles. The zero-order chi connectivity index (χ0) is 20.5. The summed E-state index contributed by atoms with van der Waals surface area (Å²) in [6.07, 6.45) is 5.16. The normalized spacial score (nSPS) is 17.3. The summed E-state index contributed by atoms with van der Waals surface area (Å²) in [5.74, 6) is 1.81. The fraction of sp³-hybridized carbons (Fsp3) is 0.500. The molecule has 1 amide bonds. The topological polar surface area (TPSA) is 85.8 Å². The van der Waals surface area contributed by atoms with Gasteiger partial charge < -0.3 is 9.73 Å². The Labute approximate surface area is 178 Å². The molecule has 1 N–H and O–H groups in total. The summed E-state index contributed by atoms with van der Waals surface area (Å²) in [6.45, 7) is 8.15. The number of nitrogens with one attached hydrogen (secondary N) is 1. The standard InChI is InChI=1S/C20H25N5O2S2/c1-11(2)25-17(7-8-21-25)22-18(26)13(4)28-20-24-23-19(27-20)16-10-14-9-12(3)5-6-15(14)29-16/h7-8,10-13H,5-6,9H2,1-4H3,(H,22,26)/t12-,13+/m1/s1. The van der Waals surface area contributed by atoms with E-state index in [0.717, 1.165) is 23.6 Å². The van der Waals surface area contributed by atoms with E-state index >= 15 is 0 Å². The maximum Gasteiger partial charge on any atom is 0.277 e. The van der Waals surface area contributed by atoms with E-state index in [9.17, 15) is 4.79 Å². The molecule has 0 fully saturated rings. The molecule has 3 aromatic rings. The fourth-order valence-corrected chi connectivity index (χ4v) is 5.24. The van der Waals surface area contributed by atoms with Crippen LogP contribution in [0.15, 0.2) is 28.0 Å². The molecule has 29 heavy (non-hydrogen) atoms. The van der Waals surface area contributed by atoms with Crippen molar-refractivity contribution in [2.24, 2.45) is 5.92 Å². The van der Waals surface area contributed by atoms with Crippen LogP contribution in [0.25, 0.3) is 10.8 Å². The highest BCUT2D eigenvalue weighted by molar-refractivity contribution is 8.00. The summed E-state index contributed by atoms with van der Waals surface area (Å²) in [6, 6.07) is 4.14. The summed E-state index contributed by atoms with van der Waals surface area (Å²) < 4.78 is 7.62.